The molecular weight excluding hydrogens is 228 g/mol. The van der Waals surface area contributed by atoms with Crippen molar-refractivity contribution in [2.24, 2.45) is 5.73 Å². The van der Waals surface area contributed by atoms with Gasteiger partial charge in [0.05, 0.1) is 0 Å². The maximum Gasteiger partial charge on any atom is 0.242 e. The van der Waals surface area contributed by atoms with Crippen LogP contribution in [-0.4, -0.2) is 21.4 Å². The second-order valence-electron chi connectivity index (χ2n) is 3.96. The van der Waals surface area contributed by atoms with Crippen molar-refractivity contribution in [3.63, 3.8) is 0 Å². The lowest BCUT2D eigenvalue weighted by Crippen LogP contribution is -2.45. The molecule has 0 aliphatic heterocycles. The molecule has 1 rings (SSSR count). The third-order valence-corrected chi connectivity index (χ3v) is 2.62. The molecule has 1 aromatic heterocycles. The van der Waals surface area contributed by atoms with Crippen molar-refractivity contribution in [2.45, 2.75) is 32.7 Å². The van der Waals surface area contributed by atoms with Crippen LogP contribution < -0.4 is 11.1 Å². The summed E-state index contributed by atoms with van der Waals surface area (Å²) < 4.78 is 0. The van der Waals surface area contributed by atoms with Crippen LogP contribution in [0.5, 0.6) is 0 Å². The minimum absolute atomic E-state index is 0.389. The number of carbonyl (C=O) groups is 1. The summed E-state index contributed by atoms with van der Waals surface area (Å²) >= 11 is 5.93. The van der Waals surface area contributed by atoms with E-state index >= 15 is 0 Å². The Morgan fingerprint density at radius 1 is 1.56 bits per heavy atom. The number of nitrogens with zero attached hydrogens (tertiary/aromatic N) is 2. The van der Waals surface area contributed by atoms with Gasteiger partial charge in [-0.3, -0.25) is 4.79 Å². The van der Waals surface area contributed by atoms with Gasteiger partial charge in [0.1, 0.15) is 22.8 Å². The molecule has 88 valence electrons. The summed E-state index contributed by atoms with van der Waals surface area (Å²) in [5, 5.41) is 3.36. The van der Waals surface area contributed by atoms with E-state index in [1.807, 2.05) is 6.92 Å². The van der Waals surface area contributed by atoms with Gasteiger partial charge in [0.2, 0.25) is 5.91 Å². The summed E-state index contributed by atoms with van der Waals surface area (Å²) in [7, 11) is 0. The lowest BCUT2D eigenvalue weighted by molar-refractivity contribution is -0.121. The minimum atomic E-state index is -0.873. The van der Waals surface area contributed by atoms with E-state index in [2.05, 4.69) is 15.3 Å². The Kier molecular flexibility index (Phi) is 3.70. The van der Waals surface area contributed by atoms with Crippen LogP contribution in [0, 0.1) is 0 Å². The predicted octanol–water partition coefficient (Wildman–Crippen LogP) is 1.37. The standard InChI is InChI=1S/C10H15ClN4O/c1-4-6-7(11)13-5-14-8(6)15-10(2,3)9(12)16/h5H,4H2,1-3H3,(H2,12,16)(H,13,14,15). The first kappa shape index (κ1) is 12.7. The predicted molar refractivity (Wildman–Crippen MR) is 63.3 cm³/mol. The number of primary amides is 1. The molecule has 0 spiro atoms. The number of hydrogen-bond donors (Lipinski definition) is 2. The van der Waals surface area contributed by atoms with Crippen LogP contribution in [0.4, 0.5) is 5.82 Å². The number of aromatic nitrogens is 2. The van der Waals surface area contributed by atoms with E-state index in [9.17, 15) is 4.79 Å². The quantitative estimate of drug-likeness (QED) is 0.782. The molecule has 1 aromatic rings. The summed E-state index contributed by atoms with van der Waals surface area (Å²) in [5.41, 5.74) is 5.17. The van der Waals surface area contributed by atoms with Crippen molar-refractivity contribution in [3.8, 4) is 0 Å². The average Bonchev–Trinajstić information content (AvgIpc) is 2.17. The number of amides is 1. The lowest BCUT2D eigenvalue weighted by Gasteiger charge is -2.24. The Balaban J connectivity index is 3.06. The van der Waals surface area contributed by atoms with Gasteiger partial charge in [-0.2, -0.15) is 0 Å². The molecule has 0 aromatic carbocycles. The van der Waals surface area contributed by atoms with Crippen LogP contribution >= 0.6 is 11.6 Å². The van der Waals surface area contributed by atoms with Crippen LogP contribution in [-0.2, 0) is 11.2 Å². The molecule has 0 radical (unpaired) electrons. The van der Waals surface area contributed by atoms with Gasteiger partial charge in [0.25, 0.3) is 0 Å². The van der Waals surface area contributed by atoms with Gasteiger partial charge in [-0.1, -0.05) is 18.5 Å². The van der Waals surface area contributed by atoms with Crippen molar-refractivity contribution in [1.29, 1.82) is 0 Å². The SMILES string of the molecule is CCc1c(Cl)ncnc1NC(C)(C)C(N)=O. The number of hydrogen-bond acceptors (Lipinski definition) is 4. The number of nitrogens with one attached hydrogen (secondary N) is 1. The van der Waals surface area contributed by atoms with Crippen LogP contribution in [0.15, 0.2) is 6.33 Å². The first-order valence-electron chi connectivity index (χ1n) is 4.96. The molecule has 6 heteroatoms. The summed E-state index contributed by atoms with van der Waals surface area (Å²) in [6.45, 7) is 5.31. The fraction of sp³-hybridized carbons (Fsp3) is 0.500. The Morgan fingerprint density at radius 3 is 2.69 bits per heavy atom. The molecule has 0 saturated heterocycles. The number of carbonyl (C=O) groups excluding carboxylic acids is 1. The average molecular weight is 243 g/mol. The van der Waals surface area contributed by atoms with Gasteiger partial charge < -0.3 is 11.1 Å². The zero-order chi connectivity index (χ0) is 12.3. The van der Waals surface area contributed by atoms with Crippen LogP contribution in [0.25, 0.3) is 0 Å². The Hall–Kier alpha value is -1.36. The molecule has 0 fully saturated rings. The third-order valence-electron chi connectivity index (χ3n) is 2.29. The van der Waals surface area contributed by atoms with E-state index < -0.39 is 11.4 Å². The van der Waals surface area contributed by atoms with E-state index in [1.165, 1.54) is 6.33 Å². The smallest absolute Gasteiger partial charge is 0.242 e. The maximum absolute atomic E-state index is 11.2. The highest BCUT2D eigenvalue weighted by Crippen LogP contribution is 2.22. The van der Waals surface area contributed by atoms with Crippen molar-refractivity contribution in [3.05, 3.63) is 17.0 Å². The van der Waals surface area contributed by atoms with E-state index in [-0.39, 0.29) is 0 Å². The van der Waals surface area contributed by atoms with Gasteiger partial charge in [-0.15, -0.1) is 0 Å². The molecule has 0 aliphatic rings. The molecule has 5 nitrogen and oxygen atoms in total. The first-order chi connectivity index (χ1) is 7.38. The topological polar surface area (TPSA) is 80.9 Å². The zero-order valence-electron chi connectivity index (χ0n) is 9.54. The Morgan fingerprint density at radius 2 is 2.19 bits per heavy atom. The van der Waals surface area contributed by atoms with Crippen LogP contribution in [0.3, 0.4) is 0 Å². The highest BCUT2D eigenvalue weighted by molar-refractivity contribution is 6.30. The van der Waals surface area contributed by atoms with E-state index in [1.54, 1.807) is 13.8 Å². The minimum Gasteiger partial charge on any atom is -0.368 e. The number of nitrogens with two attached hydrogens (primary N) is 1. The maximum atomic E-state index is 11.2. The van der Waals surface area contributed by atoms with Gasteiger partial charge in [0, 0.05) is 5.56 Å². The number of halogens is 1. The van der Waals surface area contributed by atoms with Crippen molar-refractivity contribution in [1.82, 2.24) is 9.97 Å². The number of anilines is 1. The molecule has 0 aliphatic carbocycles. The second-order valence-corrected chi connectivity index (χ2v) is 4.32. The van der Waals surface area contributed by atoms with Crippen LogP contribution in [0.1, 0.15) is 26.3 Å². The van der Waals surface area contributed by atoms with Crippen molar-refractivity contribution >= 4 is 23.3 Å². The molecular formula is C10H15ClN4O. The van der Waals surface area contributed by atoms with E-state index in [0.717, 1.165) is 5.56 Å². The number of rotatable bonds is 4. The van der Waals surface area contributed by atoms with Gasteiger partial charge >= 0.3 is 0 Å². The second kappa shape index (κ2) is 4.65. The van der Waals surface area contributed by atoms with Crippen molar-refractivity contribution in [2.75, 3.05) is 5.32 Å². The third kappa shape index (κ3) is 2.61. The zero-order valence-corrected chi connectivity index (χ0v) is 10.3. The van der Waals surface area contributed by atoms with Gasteiger partial charge in [-0.05, 0) is 20.3 Å². The fourth-order valence-electron chi connectivity index (χ4n) is 1.17. The van der Waals surface area contributed by atoms with Crippen molar-refractivity contribution < 1.29 is 4.79 Å². The highest BCUT2D eigenvalue weighted by Gasteiger charge is 2.26. The summed E-state index contributed by atoms with van der Waals surface area (Å²) in [6.07, 6.45) is 2.03. The molecule has 0 bridgehead atoms. The first-order valence-corrected chi connectivity index (χ1v) is 5.33. The lowest BCUT2D eigenvalue weighted by atomic mass is 10.0. The molecule has 1 heterocycles. The van der Waals surface area contributed by atoms with Gasteiger partial charge in [0.15, 0.2) is 0 Å². The summed E-state index contributed by atoms with van der Waals surface area (Å²) in [5.74, 6) is 0.0931. The van der Waals surface area contributed by atoms with Gasteiger partial charge in [-0.25, -0.2) is 9.97 Å². The molecule has 0 saturated carbocycles. The van der Waals surface area contributed by atoms with E-state index in [0.29, 0.717) is 17.4 Å². The van der Waals surface area contributed by atoms with E-state index in [4.69, 9.17) is 17.3 Å². The molecule has 1 amide bonds. The van der Waals surface area contributed by atoms with Crippen LogP contribution in [0.2, 0.25) is 5.15 Å². The normalized spacial score (nSPS) is 11.2. The Labute approximate surface area is 99.4 Å². The molecule has 16 heavy (non-hydrogen) atoms. The largest absolute Gasteiger partial charge is 0.368 e. The summed E-state index contributed by atoms with van der Waals surface area (Å²) in [6, 6.07) is 0. The molecule has 0 unspecified atom stereocenters. The summed E-state index contributed by atoms with van der Waals surface area (Å²) in [4.78, 5) is 19.1. The molecule has 0 atom stereocenters. The fourth-order valence-corrected chi connectivity index (χ4v) is 1.44. The monoisotopic (exact) mass is 242 g/mol. The highest BCUT2D eigenvalue weighted by atomic mass is 35.5. The molecule has 3 N–H and O–H groups in total. The Bertz CT molecular complexity index is 406.